The van der Waals surface area contributed by atoms with E-state index in [0.717, 1.165) is 84.1 Å². The summed E-state index contributed by atoms with van der Waals surface area (Å²) >= 11 is 0. The molecule has 1 aliphatic rings. The van der Waals surface area contributed by atoms with Crippen LogP contribution in [0.15, 0.2) is 218 Å². The van der Waals surface area contributed by atoms with Crippen LogP contribution in [-0.2, 0) is 0 Å². The molecular weight excluding hydrogens is 781 g/mol. The second-order valence-corrected chi connectivity index (χ2v) is 20.9. The Balaban J connectivity index is 0.931. The molecule has 5 heteroatoms. The van der Waals surface area contributed by atoms with Crippen molar-refractivity contribution in [1.29, 1.82) is 0 Å². The number of nitrogens with zero attached hydrogens (tertiary/aromatic N) is 4. The van der Waals surface area contributed by atoms with Crippen LogP contribution in [0.3, 0.4) is 0 Å². The van der Waals surface area contributed by atoms with Crippen LogP contribution in [0.4, 0.5) is 0 Å². The fraction of sp³-hybridized carbons (Fsp3) is 0.0345. The SMILES string of the molecule is C[Si]1(C)c2ccccc2-c2c(-c3ccccc3)nc(-c3cccc(-c4cccc(-c5cccc(-c6cccc(-c7cc(-c8ccccc8)nc(-c8ccccc8)n7)c6)c5)c4)c3)nc21. The van der Waals surface area contributed by atoms with Gasteiger partial charge in [-0.25, -0.2) is 19.9 Å². The van der Waals surface area contributed by atoms with E-state index in [4.69, 9.17) is 19.9 Å². The van der Waals surface area contributed by atoms with Crippen molar-refractivity contribution in [1.82, 2.24) is 19.9 Å². The molecule has 0 spiro atoms. The molecule has 1 aliphatic heterocycles. The molecule has 10 aromatic rings. The topological polar surface area (TPSA) is 51.6 Å². The monoisotopic (exact) mass is 822 g/mol. The van der Waals surface area contributed by atoms with E-state index in [2.05, 4.69) is 195 Å². The van der Waals surface area contributed by atoms with E-state index in [1.807, 2.05) is 36.4 Å². The highest BCUT2D eigenvalue weighted by Gasteiger charge is 2.41. The number of fused-ring (bicyclic) bond motifs is 3. The number of hydrogen-bond donors (Lipinski definition) is 0. The molecule has 4 nitrogen and oxygen atoms in total. The molecule has 3 heterocycles. The molecule has 63 heavy (non-hydrogen) atoms. The number of hydrogen-bond acceptors (Lipinski definition) is 4. The van der Waals surface area contributed by atoms with Gasteiger partial charge < -0.3 is 0 Å². The van der Waals surface area contributed by atoms with E-state index in [1.165, 1.54) is 21.6 Å². The Morgan fingerprint density at radius 3 is 1.27 bits per heavy atom. The number of benzene rings is 8. The van der Waals surface area contributed by atoms with Gasteiger partial charge in [0.1, 0.15) is 8.07 Å². The van der Waals surface area contributed by atoms with Gasteiger partial charge in [-0.2, -0.15) is 0 Å². The van der Waals surface area contributed by atoms with E-state index in [1.54, 1.807) is 0 Å². The summed E-state index contributed by atoms with van der Waals surface area (Å²) in [6, 6.07) is 77.0. The van der Waals surface area contributed by atoms with Crippen molar-refractivity contribution in [3.8, 4) is 101 Å². The van der Waals surface area contributed by atoms with Crippen LogP contribution < -0.4 is 10.5 Å². The van der Waals surface area contributed by atoms with Gasteiger partial charge in [0, 0.05) is 38.7 Å². The largest absolute Gasteiger partial charge is 0.237 e. The van der Waals surface area contributed by atoms with E-state index in [-0.39, 0.29) is 0 Å². The van der Waals surface area contributed by atoms with Crippen molar-refractivity contribution in [3.63, 3.8) is 0 Å². The number of aromatic nitrogens is 4. The zero-order chi connectivity index (χ0) is 42.3. The summed E-state index contributed by atoms with van der Waals surface area (Å²) < 4.78 is 0. The van der Waals surface area contributed by atoms with Crippen molar-refractivity contribution in [2.24, 2.45) is 0 Å². The standard InChI is InChI=1S/C58H42N4Si/c1-63(2)53-33-13-12-32-50(53)54-55(40-20-8-4-9-21-40)61-57(62-58(54)63)49-31-17-29-47(37-49)45-27-15-25-43(35-45)42-24-14-26-44(34-42)46-28-16-30-48(36-46)52-38-51(39-18-6-3-7-19-39)59-56(60-52)41-22-10-5-11-23-41/h3-38H,1-2H3. The summed E-state index contributed by atoms with van der Waals surface area (Å²) in [5.41, 5.74) is 17.3. The maximum Gasteiger partial charge on any atom is 0.160 e. The quantitative estimate of drug-likeness (QED) is 0.143. The normalized spacial score (nSPS) is 12.4. The zero-order valence-corrected chi connectivity index (χ0v) is 36.1. The first-order chi connectivity index (χ1) is 31.0. The molecule has 0 saturated heterocycles. The van der Waals surface area contributed by atoms with Crippen LogP contribution in [0.5, 0.6) is 0 Å². The van der Waals surface area contributed by atoms with E-state index >= 15 is 0 Å². The van der Waals surface area contributed by atoms with Crippen LogP contribution in [0.25, 0.3) is 101 Å². The van der Waals surface area contributed by atoms with Crippen LogP contribution >= 0.6 is 0 Å². The summed E-state index contributed by atoms with van der Waals surface area (Å²) in [5, 5.41) is 2.63. The van der Waals surface area contributed by atoms with Gasteiger partial charge in [0.15, 0.2) is 11.6 Å². The average Bonchev–Trinajstić information content (AvgIpc) is 3.60. The third-order valence-corrected chi connectivity index (χ3v) is 15.6. The first kappa shape index (κ1) is 38.1. The summed E-state index contributed by atoms with van der Waals surface area (Å²) in [6.45, 7) is 4.83. The minimum absolute atomic E-state index is 0.707. The number of rotatable bonds is 8. The molecule has 0 unspecified atom stereocenters. The fourth-order valence-corrected chi connectivity index (χ4v) is 11.9. The van der Waals surface area contributed by atoms with Crippen molar-refractivity contribution >= 4 is 18.6 Å². The maximum atomic E-state index is 5.42. The fourth-order valence-electron chi connectivity index (χ4n) is 9.00. The van der Waals surface area contributed by atoms with Crippen LogP contribution in [0.2, 0.25) is 13.1 Å². The Morgan fingerprint density at radius 1 is 0.302 bits per heavy atom. The summed E-state index contributed by atoms with van der Waals surface area (Å²) in [6.07, 6.45) is 0. The molecule has 0 radical (unpaired) electrons. The van der Waals surface area contributed by atoms with E-state index in [0.29, 0.717) is 5.82 Å². The lowest BCUT2D eigenvalue weighted by atomic mass is 9.95. The van der Waals surface area contributed by atoms with Gasteiger partial charge in [0.25, 0.3) is 0 Å². The second kappa shape index (κ2) is 15.9. The molecule has 0 amide bonds. The molecule has 298 valence electrons. The Bertz CT molecular complexity index is 3250. The third-order valence-electron chi connectivity index (χ3n) is 12.2. The molecule has 8 aromatic carbocycles. The molecule has 0 aliphatic carbocycles. The van der Waals surface area contributed by atoms with Gasteiger partial charge in [-0.3, -0.25) is 0 Å². The van der Waals surface area contributed by atoms with E-state index < -0.39 is 8.07 Å². The zero-order valence-electron chi connectivity index (χ0n) is 35.1. The Labute approximate surface area is 369 Å². The Hall–Kier alpha value is -7.86. The summed E-state index contributed by atoms with van der Waals surface area (Å²) in [5.74, 6) is 1.47. The predicted octanol–water partition coefficient (Wildman–Crippen LogP) is 13.4. The highest BCUT2D eigenvalue weighted by Crippen LogP contribution is 2.38. The van der Waals surface area contributed by atoms with Gasteiger partial charge >= 0.3 is 0 Å². The summed E-state index contributed by atoms with van der Waals surface area (Å²) in [7, 11) is -2.07. The molecular formula is C58H42N4Si. The van der Waals surface area contributed by atoms with Crippen molar-refractivity contribution in [2.45, 2.75) is 13.1 Å². The van der Waals surface area contributed by atoms with Crippen molar-refractivity contribution in [2.75, 3.05) is 0 Å². The molecule has 0 saturated carbocycles. The minimum atomic E-state index is -2.07. The first-order valence-electron chi connectivity index (χ1n) is 21.5. The Morgan fingerprint density at radius 2 is 0.698 bits per heavy atom. The van der Waals surface area contributed by atoms with Gasteiger partial charge in [0.2, 0.25) is 0 Å². The van der Waals surface area contributed by atoms with Crippen LogP contribution in [0.1, 0.15) is 0 Å². The van der Waals surface area contributed by atoms with Crippen LogP contribution in [0, 0.1) is 0 Å². The third kappa shape index (κ3) is 7.18. The molecule has 0 bridgehead atoms. The highest BCUT2D eigenvalue weighted by molar-refractivity contribution is 7.03. The van der Waals surface area contributed by atoms with Crippen molar-refractivity contribution in [3.05, 3.63) is 218 Å². The van der Waals surface area contributed by atoms with Crippen molar-refractivity contribution < 1.29 is 0 Å². The average molecular weight is 823 g/mol. The lowest BCUT2D eigenvalue weighted by Gasteiger charge is -2.19. The molecule has 0 atom stereocenters. The van der Waals surface area contributed by atoms with Gasteiger partial charge in [-0.1, -0.05) is 201 Å². The lowest BCUT2D eigenvalue weighted by Crippen LogP contribution is -2.50. The lowest BCUT2D eigenvalue weighted by molar-refractivity contribution is 1.18. The second-order valence-electron chi connectivity index (χ2n) is 16.7. The Kier molecular flexibility index (Phi) is 9.60. The van der Waals surface area contributed by atoms with Gasteiger partial charge in [0.05, 0.1) is 17.1 Å². The molecule has 11 rings (SSSR count). The molecule has 2 aromatic heterocycles. The maximum absolute atomic E-state index is 5.42. The molecule has 0 N–H and O–H groups in total. The van der Waals surface area contributed by atoms with Gasteiger partial charge in [-0.05, 0) is 74.5 Å². The smallest absolute Gasteiger partial charge is 0.160 e. The summed E-state index contributed by atoms with van der Waals surface area (Å²) in [4.78, 5) is 20.9. The predicted molar refractivity (Wildman–Crippen MR) is 263 cm³/mol. The highest BCUT2D eigenvalue weighted by atomic mass is 28.3. The minimum Gasteiger partial charge on any atom is -0.237 e. The van der Waals surface area contributed by atoms with E-state index in [9.17, 15) is 0 Å². The molecule has 0 fully saturated rings. The van der Waals surface area contributed by atoms with Crippen LogP contribution in [-0.4, -0.2) is 28.0 Å². The first-order valence-corrected chi connectivity index (χ1v) is 24.5. The van der Waals surface area contributed by atoms with Gasteiger partial charge in [-0.15, -0.1) is 0 Å².